The Labute approximate surface area is 122 Å². The van der Waals surface area contributed by atoms with Gasteiger partial charge in [-0.1, -0.05) is 42.4 Å². The summed E-state index contributed by atoms with van der Waals surface area (Å²) in [4.78, 5) is 12.8. The van der Waals surface area contributed by atoms with E-state index in [0.29, 0.717) is 6.42 Å². The zero-order chi connectivity index (χ0) is 15.1. The van der Waals surface area contributed by atoms with Crippen molar-refractivity contribution in [1.82, 2.24) is 25.6 Å². The van der Waals surface area contributed by atoms with Gasteiger partial charge in [-0.3, -0.25) is 4.79 Å². The van der Waals surface area contributed by atoms with Crippen molar-refractivity contribution in [2.45, 2.75) is 26.3 Å². The fourth-order valence-corrected chi connectivity index (χ4v) is 1.70. The second-order valence-electron chi connectivity index (χ2n) is 4.41. The number of benzene rings is 1. The van der Waals surface area contributed by atoms with Crippen molar-refractivity contribution in [2.24, 2.45) is 5.10 Å². The Morgan fingerprint density at radius 3 is 2.76 bits per heavy atom. The van der Waals surface area contributed by atoms with Crippen LogP contribution in [0.5, 0.6) is 0 Å². The standard InChI is InChI=1S/C13H17N7O/c1-2-11(8-10-6-4-3-5-7-10)15-16-12(21)9-20-18-13(14)17-19-20/h3-7H,2,8-9H2,1H3,(H2,14,18)(H,16,21)/b15-11+. The van der Waals surface area contributed by atoms with Crippen LogP contribution in [0.4, 0.5) is 5.95 Å². The number of nitrogens with zero attached hydrogens (tertiary/aromatic N) is 5. The van der Waals surface area contributed by atoms with Crippen LogP contribution in [0.15, 0.2) is 35.4 Å². The number of hydrogen-bond acceptors (Lipinski definition) is 6. The number of carbonyl (C=O) groups excluding carboxylic acids is 1. The molecule has 1 aromatic carbocycles. The van der Waals surface area contributed by atoms with Gasteiger partial charge in [0.2, 0.25) is 0 Å². The molecule has 0 saturated carbocycles. The van der Waals surface area contributed by atoms with E-state index in [1.165, 1.54) is 0 Å². The van der Waals surface area contributed by atoms with Crippen LogP contribution in [0.25, 0.3) is 0 Å². The molecular formula is C13H17N7O. The third kappa shape index (κ3) is 4.68. The molecule has 110 valence electrons. The van der Waals surface area contributed by atoms with E-state index in [2.05, 4.69) is 25.9 Å². The van der Waals surface area contributed by atoms with Gasteiger partial charge in [0.25, 0.3) is 11.9 Å². The lowest BCUT2D eigenvalue weighted by Gasteiger charge is -2.05. The van der Waals surface area contributed by atoms with Crippen LogP contribution in [0.3, 0.4) is 0 Å². The van der Waals surface area contributed by atoms with Gasteiger partial charge in [-0.15, -0.1) is 5.10 Å². The minimum atomic E-state index is -0.327. The molecule has 0 radical (unpaired) electrons. The summed E-state index contributed by atoms with van der Waals surface area (Å²) in [5.41, 5.74) is 9.85. The minimum absolute atomic E-state index is 0.0321. The highest BCUT2D eigenvalue weighted by Gasteiger charge is 2.06. The quantitative estimate of drug-likeness (QED) is 0.589. The molecule has 1 heterocycles. The number of nitrogen functional groups attached to an aromatic ring is 1. The Bertz CT molecular complexity index is 620. The van der Waals surface area contributed by atoms with Gasteiger partial charge in [0.1, 0.15) is 6.54 Å². The Kier molecular flexibility index (Phi) is 4.97. The third-order valence-corrected chi connectivity index (χ3v) is 2.75. The molecule has 1 amide bonds. The van der Waals surface area contributed by atoms with Gasteiger partial charge < -0.3 is 5.73 Å². The average molecular weight is 287 g/mol. The lowest BCUT2D eigenvalue weighted by Crippen LogP contribution is -2.26. The molecule has 0 spiro atoms. The zero-order valence-corrected chi connectivity index (χ0v) is 11.7. The Morgan fingerprint density at radius 2 is 2.14 bits per heavy atom. The molecule has 21 heavy (non-hydrogen) atoms. The molecule has 2 rings (SSSR count). The van der Waals surface area contributed by atoms with Crippen LogP contribution in [0, 0.1) is 0 Å². The Hall–Kier alpha value is -2.77. The van der Waals surface area contributed by atoms with Gasteiger partial charge in [-0.25, -0.2) is 5.43 Å². The molecule has 0 atom stereocenters. The lowest BCUT2D eigenvalue weighted by atomic mass is 10.1. The molecule has 0 fully saturated rings. The molecule has 0 bridgehead atoms. The summed E-state index contributed by atoms with van der Waals surface area (Å²) in [7, 11) is 0. The van der Waals surface area contributed by atoms with E-state index in [0.717, 1.165) is 22.5 Å². The van der Waals surface area contributed by atoms with Crippen LogP contribution >= 0.6 is 0 Å². The van der Waals surface area contributed by atoms with Crippen molar-refractivity contribution in [3.63, 3.8) is 0 Å². The van der Waals surface area contributed by atoms with Crippen LogP contribution < -0.4 is 11.2 Å². The molecule has 3 N–H and O–H groups in total. The summed E-state index contributed by atoms with van der Waals surface area (Å²) in [5.74, 6) is -0.295. The first-order valence-electron chi connectivity index (χ1n) is 6.59. The normalized spacial score (nSPS) is 11.4. The Balaban J connectivity index is 1.89. The predicted molar refractivity (Wildman–Crippen MR) is 78.2 cm³/mol. The second-order valence-corrected chi connectivity index (χ2v) is 4.41. The highest BCUT2D eigenvalue weighted by atomic mass is 16.2. The number of hydrazone groups is 1. The molecule has 2 aromatic rings. The molecule has 0 aliphatic rings. The average Bonchev–Trinajstić information content (AvgIpc) is 2.89. The maximum Gasteiger partial charge on any atom is 0.263 e. The van der Waals surface area contributed by atoms with E-state index in [1.54, 1.807) is 0 Å². The van der Waals surface area contributed by atoms with Gasteiger partial charge in [0.05, 0.1) is 0 Å². The van der Waals surface area contributed by atoms with Crippen LogP contribution in [-0.4, -0.2) is 31.8 Å². The van der Waals surface area contributed by atoms with Gasteiger partial charge in [0, 0.05) is 12.1 Å². The van der Waals surface area contributed by atoms with E-state index in [4.69, 9.17) is 5.73 Å². The molecule has 0 aliphatic heterocycles. The van der Waals surface area contributed by atoms with E-state index in [9.17, 15) is 4.79 Å². The summed E-state index contributed by atoms with van der Waals surface area (Å²) in [6, 6.07) is 9.96. The SMILES string of the molecule is CC/C(Cc1ccccc1)=N\NC(=O)Cn1nnc(N)n1. The van der Waals surface area contributed by atoms with Crippen molar-refractivity contribution >= 4 is 17.6 Å². The van der Waals surface area contributed by atoms with E-state index >= 15 is 0 Å². The molecule has 8 heteroatoms. The van der Waals surface area contributed by atoms with E-state index in [-0.39, 0.29) is 18.4 Å². The molecule has 0 aliphatic carbocycles. The Morgan fingerprint density at radius 1 is 1.38 bits per heavy atom. The first kappa shape index (κ1) is 14.6. The number of aromatic nitrogens is 4. The zero-order valence-electron chi connectivity index (χ0n) is 11.7. The minimum Gasteiger partial charge on any atom is -0.365 e. The highest BCUT2D eigenvalue weighted by Crippen LogP contribution is 2.02. The number of rotatable bonds is 6. The van der Waals surface area contributed by atoms with E-state index < -0.39 is 0 Å². The number of hydrogen-bond donors (Lipinski definition) is 2. The topological polar surface area (TPSA) is 111 Å². The number of amides is 1. The number of anilines is 1. The number of carbonyl (C=O) groups is 1. The summed E-state index contributed by atoms with van der Waals surface area (Å²) in [6.07, 6.45) is 1.45. The van der Waals surface area contributed by atoms with Crippen molar-refractivity contribution in [2.75, 3.05) is 5.73 Å². The predicted octanol–water partition coefficient (Wildman–Crippen LogP) is 0.380. The molecular weight excluding hydrogens is 270 g/mol. The fraction of sp³-hybridized carbons (Fsp3) is 0.308. The lowest BCUT2D eigenvalue weighted by molar-refractivity contribution is -0.122. The number of tetrazole rings is 1. The molecule has 0 unspecified atom stereocenters. The number of nitrogens with one attached hydrogen (secondary N) is 1. The van der Waals surface area contributed by atoms with Crippen LogP contribution in [0.1, 0.15) is 18.9 Å². The fourth-order valence-electron chi connectivity index (χ4n) is 1.70. The van der Waals surface area contributed by atoms with Gasteiger partial charge in [0.15, 0.2) is 0 Å². The first-order valence-corrected chi connectivity index (χ1v) is 6.59. The third-order valence-electron chi connectivity index (χ3n) is 2.75. The molecule has 0 saturated heterocycles. The first-order chi connectivity index (χ1) is 10.2. The summed E-state index contributed by atoms with van der Waals surface area (Å²) in [5, 5.41) is 15.0. The van der Waals surface area contributed by atoms with Gasteiger partial charge in [-0.2, -0.15) is 9.90 Å². The molecule has 8 nitrogen and oxygen atoms in total. The van der Waals surface area contributed by atoms with Gasteiger partial charge >= 0.3 is 0 Å². The maximum atomic E-state index is 11.7. The van der Waals surface area contributed by atoms with Crippen molar-refractivity contribution in [3.8, 4) is 0 Å². The van der Waals surface area contributed by atoms with Crippen molar-refractivity contribution in [3.05, 3.63) is 35.9 Å². The molecule has 1 aromatic heterocycles. The monoisotopic (exact) mass is 287 g/mol. The van der Waals surface area contributed by atoms with Crippen molar-refractivity contribution in [1.29, 1.82) is 0 Å². The van der Waals surface area contributed by atoms with Crippen LogP contribution in [0.2, 0.25) is 0 Å². The summed E-state index contributed by atoms with van der Waals surface area (Å²) in [6.45, 7) is 1.92. The smallest absolute Gasteiger partial charge is 0.263 e. The highest BCUT2D eigenvalue weighted by molar-refractivity contribution is 5.87. The number of nitrogens with two attached hydrogens (primary N) is 1. The maximum absolute atomic E-state index is 11.7. The van der Waals surface area contributed by atoms with Crippen molar-refractivity contribution < 1.29 is 4.79 Å². The summed E-state index contributed by atoms with van der Waals surface area (Å²) < 4.78 is 0. The van der Waals surface area contributed by atoms with Crippen LogP contribution in [-0.2, 0) is 17.8 Å². The second kappa shape index (κ2) is 7.13. The van der Waals surface area contributed by atoms with Gasteiger partial charge in [-0.05, 0) is 17.2 Å². The summed E-state index contributed by atoms with van der Waals surface area (Å²) >= 11 is 0. The van der Waals surface area contributed by atoms with E-state index in [1.807, 2.05) is 37.3 Å². The largest absolute Gasteiger partial charge is 0.365 e.